The molecule has 8 aromatic rings. The first kappa shape index (κ1) is 32.2. The summed E-state index contributed by atoms with van der Waals surface area (Å²) in [7, 11) is 0. The van der Waals surface area contributed by atoms with Gasteiger partial charge in [-0.05, 0) is 79.8 Å². The molecule has 0 unspecified atom stereocenters. The van der Waals surface area contributed by atoms with Crippen LogP contribution in [0.25, 0.3) is 21.5 Å². The zero-order valence-corrected chi connectivity index (χ0v) is 28.0. The van der Waals surface area contributed by atoms with E-state index in [1.165, 1.54) is 0 Å². The van der Waals surface area contributed by atoms with E-state index in [4.69, 9.17) is 14.0 Å². The minimum absolute atomic E-state index is 0.337. The van der Waals surface area contributed by atoms with Crippen LogP contribution in [0.2, 0.25) is 0 Å². The van der Waals surface area contributed by atoms with Gasteiger partial charge in [0.25, 0.3) is 0 Å². The van der Waals surface area contributed by atoms with Gasteiger partial charge in [-0.3, -0.25) is 9.97 Å². The molecule has 0 bridgehead atoms. The van der Waals surface area contributed by atoms with Gasteiger partial charge >= 0.3 is 13.8 Å². The second-order valence-corrected chi connectivity index (χ2v) is 12.3. The largest absolute Gasteiger partial charge is 0.458 e. The normalized spacial score (nSPS) is 11.1. The molecule has 7 heteroatoms. The fourth-order valence-corrected chi connectivity index (χ4v) is 6.66. The van der Waals surface area contributed by atoms with Crippen molar-refractivity contribution < 1.29 is 14.0 Å². The van der Waals surface area contributed by atoms with E-state index in [9.17, 15) is 0 Å². The Labute approximate surface area is 298 Å². The molecule has 0 amide bonds. The highest BCUT2D eigenvalue weighted by Crippen LogP contribution is 2.23. The highest BCUT2D eigenvalue weighted by molar-refractivity contribution is 6.83. The first-order valence-electron chi connectivity index (χ1n) is 17.2. The van der Waals surface area contributed by atoms with E-state index in [0.29, 0.717) is 24.7 Å². The van der Waals surface area contributed by atoms with Gasteiger partial charge in [-0.25, -0.2) is 0 Å². The Morgan fingerprint density at radius 2 is 0.765 bits per heavy atom. The molecule has 0 aliphatic rings. The van der Waals surface area contributed by atoms with Crippen molar-refractivity contribution in [2.24, 2.45) is 0 Å². The molecule has 2 aromatic heterocycles. The lowest BCUT2D eigenvalue weighted by atomic mass is 9.53. The average molecular weight is 660 g/mol. The van der Waals surface area contributed by atoms with Crippen LogP contribution in [0.4, 0.5) is 0 Å². The molecule has 8 rings (SSSR count). The lowest BCUT2D eigenvalue weighted by molar-refractivity contribution is 0.315. The smallest absolute Gasteiger partial charge is 0.366 e. The van der Waals surface area contributed by atoms with E-state index in [1.54, 1.807) is 12.4 Å². The van der Waals surface area contributed by atoms with Gasteiger partial charge in [0.2, 0.25) is 0 Å². The number of hydrogen-bond donors (Lipinski definition) is 0. The molecular formula is C44H34B2N2O3. The van der Waals surface area contributed by atoms with Crippen LogP contribution in [0.5, 0.6) is 11.5 Å². The van der Waals surface area contributed by atoms with E-state index in [-0.39, 0.29) is 0 Å². The van der Waals surface area contributed by atoms with Gasteiger partial charge in [-0.1, -0.05) is 133 Å². The molecule has 2 heterocycles. The number of rotatable bonds is 12. The highest BCUT2D eigenvalue weighted by Gasteiger charge is 2.30. The zero-order valence-electron chi connectivity index (χ0n) is 28.0. The molecule has 0 radical (unpaired) electrons. The summed E-state index contributed by atoms with van der Waals surface area (Å²) in [5.74, 6) is 1.40. The Balaban J connectivity index is 1.21. The fourth-order valence-electron chi connectivity index (χ4n) is 6.66. The zero-order chi connectivity index (χ0) is 34.2. The van der Waals surface area contributed by atoms with Crippen LogP contribution < -0.4 is 26.6 Å². The maximum absolute atomic E-state index is 6.98. The Morgan fingerprint density at radius 1 is 0.373 bits per heavy atom. The first-order chi connectivity index (χ1) is 25.3. The number of nitrogens with zero attached hydrogens (tertiary/aromatic N) is 2. The molecule has 0 N–H and O–H groups in total. The summed E-state index contributed by atoms with van der Waals surface area (Å²) in [6.07, 6.45) is 3.59. The standard InChI is InChI=1S/C44H34B2N2O3/c1-3-21-37-33(15-1)17-13-25-39(37)45(49-31-35-19-9-11-29-47-35)41-23-5-7-27-43(41)51-44-28-8-6-24-42(44)46(50-32-36-20-10-12-30-48-36)40-26-14-18-34-16-2-4-22-38(34)40/h1-30H,31-32H2. The quantitative estimate of drug-likeness (QED) is 0.130. The SMILES string of the molecule is c1ccc(COB(c2ccccc2Oc2ccccc2B(OCc2ccccn2)c2cccc3ccccc23)c2cccc3ccccc23)nc1. The van der Waals surface area contributed by atoms with Crippen molar-refractivity contribution in [3.8, 4) is 11.5 Å². The molecule has 0 atom stereocenters. The molecule has 0 spiro atoms. The van der Waals surface area contributed by atoms with Crippen LogP contribution in [0, 0.1) is 0 Å². The lowest BCUT2D eigenvalue weighted by Gasteiger charge is -2.23. The fraction of sp³-hybridized carbons (Fsp3) is 0.0455. The maximum Gasteiger partial charge on any atom is 0.366 e. The third kappa shape index (κ3) is 7.17. The number of para-hydroxylation sites is 2. The van der Waals surface area contributed by atoms with Crippen LogP contribution >= 0.6 is 0 Å². The van der Waals surface area contributed by atoms with E-state index in [0.717, 1.165) is 54.8 Å². The molecule has 6 aromatic carbocycles. The summed E-state index contributed by atoms with van der Waals surface area (Å²) in [4.78, 5) is 9.07. The van der Waals surface area contributed by atoms with Gasteiger partial charge in [0.15, 0.2) is 0 Å². The molecule has 0 saturated carbocycles. The summed E-state index contributed by atoms with van der Waals surface area (Å²) in [5, 5.41) is 4.54. The number of ether oxygens (including phenoxy) is 1. The van der Waals surface area contributed by atoms with Crippen molar-refractivity contribution in [3.63, 3.8) is 0 Å². The van der Waals surface area contributed by atoms with Crippen LogP contribution in [0.15, 0.2) is 182 Å². The van der Waals surface area contributed by atoms with E-state index in [2.05, 4.69) is 107 Å². The molecule has 0 saturated heterocycles. The summed E-state index contributed by atoms with van der Waals surface area (Å²) >= 11 is 0. The molecule has 5 nitrogen and oxygen atoms in total. The minimum Gasteiger partial charge on any atom is -0.458 e. The van der Waals surface area contributed by atoms with Gasteiger partial charge in [0.1, 0.15) is 11.5 Å². The maximum atomic E-state index is 6.98. The van der Waals surface area contributed by atoms with Crippen molar-refractivity contribution >= 4 is 57.2 Å². The Kier molecular flexibility index (Phi) is 9.64. The van der Waals surface area contributed by atoms with Gasteiger partial charge < -0.3 is 14.0 Å². The molecule has 0 aliphatic carbocycles. The monoisotopic (exact) mass is 660 g/mol. The summed E-state index contributed by atoms with van der Waals surface area (Å²) < 4.78 is 20.6. The number of pyridine rings is 2. The van der Waals surface area contributed by atoms with Crippen molar-refractivity contribution in [1.29, 1.82) is 0 Å². The van der Waals surface area contributed by atoms with Gasteiger partial charge in [-0.15, -0.1) is 0 Å². The van der Waals surface area contributed by atoms with Gasteiger partial charge in [-0.2, -0.15) is 0 Å². The number of aromatic nitrogens is 2. The number of hydrogen-bond acceptors (Lipinski definition) is 5. The average Bonchev–Trinajstić information content (AvgIpc) is 3.20. The molecule has 0 fully saturated rings. The number of fused-ring (bicyclic) bond motifs is 2. The Morgan fingerprint density at radius 3 is 1.24 bits per heavy atom. The minimum atomic E-state index is -0.435. The molecule has 0 aliphatic heterocycles. The van der Waals surface area contributed by atoms with E-state index in [1.807, 2.05) is 72.8 Å². The number of benzene rings is 6. The van der Waals surface area contributed by atoms with Crippen molar-refractivity contribution in [1.82, 2.24) is 9.97 Å². The van der Waals surface area contributed by atoms with Crippen molar-refractivity contribution in [3.05, 3.63) is 194 Å². The van der Waals surface area contributed by atoms with Crippen LogP contribution in [0.1, 0.15) is 11.4 Å². The molecule has 244 valence electrons. The third-order valence-corrected chi connectivity index (χ3v) is 9.08. The topological polar surface area (TPSA) is 53.5 Å². The third-order valence-electron chi connectivity index (χ3n) is 9.08. The summed E-state index contributed by atoms with van der Waals surface area (Å²) in [6.45, 7) is -0.194. The summed E-state index contributed by atoms with van der Waals surface area (Å²) in [6, 6.07) is 57.5. The summed E-state index contributed by atoms with van der Waals surface area (Å²) in [5.41, 5.74) is 5.65. The predicted molar refractivity (Wildman–Crippen MR) is 209 cm³/mol. The van der Waals surface area contributed by atoms with Crippen LogP contribution in [0.3, 0.4) is 0 Å². The first-order valence-corrected chi connectivity index (χ1v) is 17.2. The van der Waals surface area contributed by atoms with E-state index >= 15 is 0 Å². The van der Waals surface area contributed by atoms with Gasteiger partial charge in [0, 0.05) is 12.4 Å². The van der Waals surface area contributed by atoms with Crippen molar-refractivity contribution in [2.75, 3.05) is 0 Å². The molecular weight excluding hydrogens is 626 g/mol. The Hall–Kier alpha value is -6.01. The second kappa shape index (κ2) is 15.3. The van der Waals surface area contributed by atoms with Gasteiger partial charge in [0.05, 0.1) is 24.6 Å². The predicted octanol–water partition coefficient (Wildman–Crippen LogP) is 7.22. The Bertz CT molecular complexity index is 2210. The van der Waals surface area contributed by atoms with Crippen LogP contribution in [-0.4, -0.2) is 23.8 Å². The van der Waals surface area contributed by atoms with Crippen LogP contribution in [-0.2, 0) is 22.5 Å². The van der Waals surface area contributed by atoms with E-state index < -0.39 is 13.8 Å². The second-order valence-electron chi connectivity index (χ2n) is 12.3. The lowest BCUT2D eigenvalue weighted by Crippen LogP contribution is -2.47. The highest BCUT2D eigenvalue weighted by atomic mass is 16.5. The van der Waals surface area contributed by atoms with Crippen molar-refractivity contribution in [2.45, 2.75) is 13.2 Å². The molecule has 51 heavy (non-hydrogen) atoms.